The average molecular weight is 258 g/mol. The van der Waals surface area contributed by atoms with Crippen molar-refractivity contribution in [2.45, 2.75) is 37.5 Å². The van der Waals surface area contributed by atoms with Crippen LogP contribution in [0.2, 0.25) is 0 Å². The summed E-state index contributed by atoms with van der Waals surface area (Å²) in [7, 11) is 0. The summed E-state index contributed by atoms with van der Waals surface area (Å²) in [6.45, 7) is 3.41. The van der Waals surface area contributed by atoms with Crippen LogP contribution in [-0.4, -0.2) is 16.1 Å². The fraction of sp³-hybridized carbons (Fsp3) is 0.538. The van der Waals surface area contributed by atoms with Gasteiger partial charge in [0.1, 0.15) is 17.2 Å². The molecule has 4 heteroatoms. The molecule has 1 saturated heterocycles. The predicted molar refractivity (Wildman–Crippen MR) is 66.1 cm³/mol. The summed E-state index contributed by atoms with van der Waals surface area (Å²) in [5.41, 5.74) is -1.17. The molecule has 17 heavy (non-hydrogen) atoms. The number of rotatable bonds is 1. The van der Waals surface area contributed by atoms with E-state index in [1.54, 1.807) is 18.7 Å². The van der Waals surface area contributed by atoms with Gasteiger partial charge >= 0.3 is 0 Å². The van der Waals surface area contributed by atoms with Crippen LogP contribution in [0.1, 0.15) is 30.9 Å². The Morgan fingerprint density at radius 3 is 2.76 bits per heavy atom. The van der Waals surface area contributed by atoms with Crippen molar-refractivity contribution in [1.29, 1.82) is 0 Å². The van der Waals surface area contributed by atoms with E-state index in [-0.39, 0.29) is 10.8 Å². The molecule has 2 rings (SSSR count). The molecular weight excluding hydrogens is 242 g/mol. The first-order chi connectivity index (χ1) is 7.97. The van der Waals surface area contributed by atoms with E-state index in [9.17, 15) is 13.9 Å². The molecular formula is C13H16F2OS. The van der Waals surface area contributed by atoms with Gasteiger partial charge in [-0.05, 0) is 37.1 Å². The lowest BCUT2D eigenvalue weighted by molar-refractivity contribution is 0.0182. The van der Waals surface area contributed by atoms with Crippen LogP contribution in [0.25, 0.3) is 0 Å². The van der Waals surface area contributed by atoms with Gasteiger partial charge in [0.15, 0.2) is 0 Å². The van der Waals surface area contributed by atoms with E-state index >= 15 is 0 Å². The maximum atomic E-state index is 14.1. The number of hydrogen-bond acceptors (Lipinski definition) is 2. The van der Waals surface area contributed by atoms with Gasteiger partial charge in [-0.1, -0.05) is 13.0 Å². The molecule has 2 unspecified atom stereocenters. The van der Waals surface area contributed by atoms with E-state index in [0.717, 1.165) is 12.2 Å². The molecule has 0 aromatic heterocycles. The SMILES string of the molecule is Cc1ccc(F)c(C2(O)CCCSC2C)c1F. The number of hydrogen-bond donors (Lipinski definition) is 1. The fourth-order valence-electron chi connectivity index (χ4n) is 2.32. The van der Waals surface area contributed by atoms with Gasteiger partial charge in [-0.2, -0.15) is 11.8 Å². The first-order valence-electron chi connectivity index (χ1n) is 5.76. The molecule has 1 fully saturated rings. The number of aliphatic hydroxyl groups is 1. The standard InChI is InChI=1S/C13H16F2OS/c1-8-4-5-10(14)11(12(8)15)13(16)6-3-7-17-9(13)2/h4-5,9,16H,3,6-7H2,1-2H3. The molecule has 0 amide bonds. The summed E-state index contributed by atoms with van der Waals surface area (Å²) in [4.78, 5) is 0. The number of benzene rings is 1. The van der Waals surface area contributed by atoms with Crippen molar-refractivity contribution in [2.24, 2.45) is 0 Å². The van der Waals surface area contributed by atoms with Crippen LogP contribution in [0.3, 0.4) is 0 Å². The van der Waals surface area contributed by atoms with E-state index < -0.39 is 17.2 Å². The largest absolute Gasteiger partial charge is 0.384 e. The zero-order valence-corrected chi connectivity index (χ0v) is 10.8. The summed E-state index contributed by atoms with van der Waals surface area (Å²) in [6.07, 6.45) is 1.19. The number of halogens is 2. The molecule has 1 heterocycles. The second-order valence-corrected chi connectivity index (χ2v) is 6.04. The first-order valence-corrected chi connectivity index (χ1v) is 6.80. The molecule has 1 nitrogen and oxygen atoms in total. The van der Waals surface area contributed by atoms with Gasteiger partial charge in [0.05, 0.1) is 5.56 Å². The summed E-state index contributed by atoms with van der Waals surface area (Å²) >= 11 is 1.56. The lowest BCUT2D eigenvalue weighted by Gasteiger charge is -2.38. The van der Waals surface area contributed by atoms with E-state index in [4.69, 9.17) is 0 Å². The van der Waals surface area contributed by atoms with Crippen LogP contribution >= 0.6 is 11.8 Å². The Kier molecular flexibility index (Phi) is 3.46. The van der Waals surface area contributed by atoms with Gasteiger partial charge in [-0.15, -0.1) is 0 Å². The minimum absolute atomic E-state index is 0.155. The lowest BCUT2D eigenvalue weighted by Crippen LogP contribution is -2.40. The van der Waals surface area contributed by atoms with E-state index in [0.29, 0.717) is 12.0 Å². The van der Waals surface area contributed by atoms with Crippen LogP contribution in [0.15, 0.2) is 12.1 Å². The van der Waals surface area contributed by atoms with E-state index in [2.05, 4.69) is 0 Å². The van der Waals surface area contributed by atoms with Gasteiger partial charge in [-0.25, -0.2) is 8.78 Å². The van der Waals surface area contributed by atoms with Crippen LogP contribution in [0, 0.1) is 18.6 Å². The number of aryl methyl sites for hydroxylation is 1. The highest BCUT2D eigenvalue weighted by atomic mass is 32.2. The molecule has 0 spiro atoms. The van der Waals surface area contributed by atoms with Crippen molar-refractivity contribution >= 4 is 11.8 Å². The normalized spacial score (nSPS) is 29.4. The quantitative estimate of drug-likeness (QED) is 0.833. The number of thioether (sulfide) groups is 1. The van der Waals surface area contributed by atoms with Crippen molar-refractivity contribution < 1.29 is 13.9 Å². The average Bonchev–Trinajstić information content (AvgIpc) is 2.28. The summed E-state index contributed by atoms with van der Waals surface area (Å²) < 4.78 is 27.9. The molecule has 94 valence electrons. The lowest BCUT2D eigenvalue weighted by atomic mass is 9.84. The topological polar surface area (TPSA) is 20.2 Å². The van der Waals surface area contributed by atoms with Crippen molar-refractivity contribution in [3.63, 3.8) is 0 Å². The Morgan fingerprint density at radius 2 is 2.12 bits per heavy atom. The highest BCUT2D eigenvalue weighted by molar-refractivity contribution is 8.00. The third-order valence-corrected chi connectivity index (χ3v) is 4.87. The maximum Gasteiger partial charge on any atom is 0.135 e. The highest BCUT2D eigenvalue weighted by Crippen LogP contribution is 2.43. The predicted octanol–water partition coefficient (Wildman–Crippen LogP) is 3.38. The Hall–Kier alpha value is -0.610. The summed E-state index contributed by atoms with van der Waals surface area (Å²) in [5.74, 6) is -0.328. The van der Waals surface area contributed by atoms with Crippen LogP contribution < -0.4 is 0 Å². The van der Waals surface area contributed by atoms with Crippen LogP contribution in [-0.2, 0) is 5.60 Å². The van der Waals surface area contributed by atoms with Crippen LogP contribution in [0.5, 0.6) is 0 Å². The minimum atomic E-state index is -1.39. The zero-order valence-electron chi connectivity index (χ0n) is 9.96. The van der Waals surface area contributed by atoms with Gasteiger partial charge in [-0.3, -0.25) is 0 Å². The van der Waals surface area contributed by atoms with Gasteiger partial charge < -0.3 is 5.11 Å². The second kappa shape index (κ2) is 4.58. The molecule has 1 aromatic rings. The minimum Gasteiger partial charge on any atom is -0.384 e. The molecule has 2 atom stereocenters. The summed E-state index contributed by atoms with van der Waals surface area (Å²) in [6, 6.07) is 2.63. The fourth-order valence-corrected chi connectivity index (χ4v) is 3.50. The molecule has 1 aliphatic rings. The molecule has 1 aromatic carbocycles. The Bertz CT molecular complexity index is 436. The second-order valence-electron chi connectivity index (χ2n) is 4.59. The van der Waals surface area contributed by atoms with Gasteiger partial charge in [0.25, 0.3) is 0 Å². The van der Waals surface area contributed by atoms with Crippen molar-refractivity contribution in [1.82, 2.24) is 0 Å². The maximum absolute atomic E-state index is 14.1. The molecule has 0 saturated carbocycles. The van der Waals surface area contributed by atoms with Crippen molar-refractivity contribution in [2.75, 3.05) is 5.75 Å². The molecule has 0 radical (unpaired) electrons. The summed E-state index contributed by atoms with van der Waals surface area (Å²) in [5, 5.41) is 10.4. The third-order valence-electron chi connectivity index (χ3n) is 3.46. The van der Waals surface area contributed by atoms with Gasteiger partial charge in [0, 0.05) is 5.25 Å². The van der Waals surface area contributed by atoms with Gasteiger partial charge in [0.2, 0.25) is 0 Å². The molecule has 1 N–H and O–H groups in total. The zero-order chi connectivity index (χ0) is 12.6. The third kappa shape index (κ3) is 2.08. The van der Waals surface area contributed by atoms with E-state index in [1.165, 1.54) is 12.1 Å². The van der Waals surface area contributed by atoms with Crippen molar-refractivity contribution in [3.05, 3.63) is 34.9 Å². The monoisotopic (exact) mass is 258 g/mol. The highest BCUT2D eigenvalue weighted by Gasteiger charge is 2.42. The van der Waals surface area contributed by atoms with Crippen molar-refractivity contribution in [3.8, 4) is 0 Å². The Labute approximate surface area is 104 Å². The Morgan fingerprint density at radius 1 is 1.41 bits per heavy atom. The molecule has 0 aliphatic carbocycles. The van der Waals surface area contributed by atoms with Crippen LogP contribution in [0.4, 0.5) is 8.78 Å². The molecule has 0 bridgehead atoms. The van der Waals surface area contributed by atoms with E-state index in [1.807, 2.05) is 6.92 Å². The smallest absolute Gasteiger partial charge is 0.135 e. The Balaban J connectivity index is 2.55. The molecule has 1 aliphatic heterocycles. The first kappa shape index (κ1) is 12.8.